The Balaban J connectivity index is 1.69. The van der Waals surface area contributed by atoms with E-state index < -0.39 is 11.7 Å². The number of carbonyl (C=O) groups excluding carboxylic acids is 1. The second kappa shape index (κ2) is 9.44. The zero-order chi connectivity index (χ0) is 25.6. The van der Waals surface area contributed by atoms with Crippen LogP contribution in [0.3, 0.4) is 0 Å². The van der Waals surface area contributed by atoms with Crippen molar-refractivity contribution in [3.05, 3.63) is 74.8 Å². The van der Waals surface area contributed by atoms with Crippen molar-refractivity contribution >= 4 is 34.6 Å². The van der Waals surface area contributed by atoms with Crippen LogP contribution in [-0.4, -0.2) is 66.9 Å². The molecule has 0 aromatic heterocycles. The molecule has 1 amide bonds. The van der Waals surface area contributed by atoms with E-state index in [-0.39, 0.29) is 35.1 Å². The number of ether oxygens (including phenoxy) is 1. The number of carboxylic acids is 1. The van der Waals surface area contributed by atoms with E-state index in [1.807, 2.05) is 31.3 Å². The summed E-state index contributed by atoms with van der Waals surface area (Å²) in [5.41, 5.74) is 1.89. The maximum absolute atomic E-state index is 12.8. The molecule has 3 atom stereocenters. The number of aromatic carboxylic acids is 1. The number of halogens is 1. The van der Waals surface area contributed by atoms with Crippen LogP contribution in [0.4, 0.5) is 0 Å². The second-order valence-electron chi connectivity index (χ2n) is 9.36. The molecular weight excluding hydrogens is 482 g/mol. The fraction of sp³-hybridized carbons (Fsp3) is 0.370. The highest BCUT2D eigenvalue weighted by Gasteiger charge is 2.48. The van der Waals surface area contributed by atoms with Crippen LogP contribution >= 0.6 is 11.6 Å². The number of hydrogen-bond acceptors (Lipinski definition) is 6. The first kappa shape index (κ1) is 24.6. The summed E-state index contributed by atoms with van der Waals surface area (Å²) in [6.07, 6.45) is 3.10. The third kappa shape index (κ3) is 3.76. The van der Waals surface area contributed by atoms with Crippen LogP contribution in [0.15, 0.2) is 47.5 Å². The predicted molar refractivity (Wildman–Crippen MR) is 135 cm³/mol. The zero-order valence-electron chi connectivity index (χ0n) is 20.1. The molecule has 9 heteroatoms. The van der Waals surface area contributed by atoms with Gasteiger partial charge in [-0.25, -0.2) is 9.79 Å². The summed E-state index contributed by atoms with van der Waals surface area (Å²) in [6, 6.07) is 10.6. The number of methoxy groups -OCH3 is 1. The van der Waals surface area contributed by atoms with Gasteiger partial charge in [0.1, 0.15) is 0 Å². The third-order valence-electron chi connectivity index (χ3n) is 7.35. The van der Waals surface area contributed by atoms with Crippen molar-refractivity contribution in [3.8, 4) is 0 Å². The van der Waals surface area contributed by atoms with Gasteiger partial charge >= 0.3 is 5.97 Å². The van der Waals surface area contributed by atoms with E-state index in [2.05, 4.69) is 10.2 Å². The van der Waals surface area contributed by atoms with Gasteiger partial charge in [0.05, 0.1) is 16.8 Å². The highest BCUT2D eigenvalue weighted by atomic mass is 35.5. The first-order chi connectivity index (χ1) is 17.3. The smallest absolute Gasteiger partial charge is 0.336 e. The fourth-order valence-corrected chi connectivity index (χ4v) is 6.03. The van der Waals surface area contributed by atoms with E-state index in [0.717, 1.165) is 21.9 Å². The Morgan fingerprint density at radius 2 is 2.06 bits per heavy atom. The number of carboxylic acid groups (broad SMARTS) is 1. The van der Waals surface area contributed by atoms with E-state index in [1.54, 1.807) is 12.1 Å². The molecule has 0 saturated heterocycles. The van der Waals surface area contributed by atoms with Crippen LogP contribution < -0.4 is 15.9 Å². The van der Waals surface area contributed by atoms with Crippen LogP contribution in [0.1, 0.15) is 34.3 Å². The van der Waals surface area contributed by atoms with Crippen LogP contribution in [0.5, 0.6) is 0 Å². The van der Waals surface area contributed by atoms with Crippen molar-refractivity contribution in [2.24, 2.45) is 10.9 Å². The molecule has 5 rings (SSSR count). The number of amides is 1. The molecular formula is C27H28ClN3O5. The number of benzene rings is 2. The topological polar surface area (TPSA) is 111 Å². The van der Waals surface area contributed by atoms with Gasteiger partial charge in [0.15, 0.2) is 0 Å². The Kier molecular flexibility index (Phi) is 6.46. The fourth-order valence-electron chi connectivity index (χ4n) is 5.73. The van der Waals surface area contributed by atoms with Crippen LogP contribution in [0.2, 0.25) is 5.02 Å². The summed E-state index contributed by atoms with van der Waals surface area (Å²) in [7, 11) is 3.51. The number of carbonyl (C=O) groups is 2. The lowest BCUT2D eigenvalue weighted by Crippen LogP contribution is -2.49. The molecule has 188 valence electrons. The van der Waals surface area contributed by atoms with Gasteiger partial charge in [0.2, 0.25) is 11.6 Å². The van der Waals surface area contributed by atoms with Gasteiger partial charge in [-0.2, -0.15) is 0 Å². The lowest BCUT2D eigenvalue weighted by Gasteiger charge is -2.42. The number of aliphatic hydroxyl groups is 1. The quantitative estimate of drug-likeness (QED) is 0.488. The summed E-state index contributed by atoms with van der Waals surface area (Å²) in [5, 5.41) is 23.8. The standard InChI is InChI=1S/C27H28ClN3O5/c1-31-14-15(25(33)29-10-5-11-32)12-18-16-6-4-9-21-23(16)19(13-22(18)31)27(30-21,36-2)24-17(26(34)35)7-3-8-20(24)28/h3-4,6-9,12,15,22,32H,5,10-11,13-14H2,1-2H3,(H,29,33)(H,34,35)/t15-,22-,27?/m1/s1. The zero-order valence-corrected chi connectivity index (χ0v) is 20.9. The van der Waals surface area contributed by atoms with Crippen molar-refractivity contribution in [1.29, 1.82) is 0 Å². The monoisotopic (exact) mass is 509 g/mol. The maximum atomic E-state index is 12.8. The molecule has 2 aliphatic heterocycles. The van der Waals surface area contributed by atoms with Gasteiger partial charge in [-0.3, -0.25) is 9.69 Å². The Bertz CT molecular complexity index is 1400. The Labute approximate surface area is 213 Å². The van der Waals surface area contributed by atoms with Crippen molar-refractivity contribution in [2.45, 2.75) is 24.6 Å². The summed E-state index contributed by atoms with van der Waals surface area (Å²) < 4.78 is 6.09. The summed E-state index contributed by atoms with van der Waals surface area (Å²) >= 11 is 6.62. The molecule has 2 aromatic carbocycles. The molecule has 36 heavy (non-hydrogen) atoms. The normalized spacial score (nSPS) is 24.4. The SMILES string of the molecule is COC1(c2c(Cl)cccc2C(=O)O)N=c2cccc3c2=C1C[C@@H]1C3=C[C@@H](C(=O)NCCCO)CN1C. The number of rotatable bonds is 7. The van der Waals surface area contributed by atoms with Crippen molar-refractivity contribution < 1.29 is 24.5 Å². The first-order valence-electron chi connectivity index (χ1n) is 11.9. The lowest BCUT2D eigenvalue weighted by molar-refractivity contribution is -0.124. The number of aliphatic hydroxyl groups excluding tert-OH is 1. The second-order valence-corrected chi connectivity index (χ2v) is 9.77. The van der Waals surface area contributed by atoms with Gasteiger partial charge in [0, 0.05) is 54.2 Å². The van der Waals surface area contributed by atoms with Crippen molar-refractivity contribution in [1.82, 2.24) is 10.2 Å². The molecule has 0 fully saturated rings. The van der Waals surface area contributed by atoms with Gasteiger partial charge in [-0.15, -0.1) is 0 Å². The summed E-state index contributed by atoms with van der Waals surface area (Å²) in [4.78, 5) is 32.1. The van der Waals surface area contributed by atoms with Gasteiger partial charge in [0.25, 0.3) is 0 Å². The molecule has 0 bridgehead atoms. The summed E-state index contributed by atoms with van der Waals surface area (Å²) in [5.74, 6) is -1.50. The number of nitrogens with zero attached hydrogens (tertiary/aromatic N) is 2. The van der Waals surface area contributed by atoms with Crippen molar-refractivity contribution in [3.63, 3.8) is 0 Å². The van der Waals surface area contributed by atoms with Gasteiger partial charge in [-0.1, -0.05) is 35.9 Å². The average molecular weight is 510 g/mol. The number of nitrogens with one attached hydrogen (secondary N) is 1. The van der Waals surface area contributed by atoms with Crippen LogP contribution in [0.25, 0.3) is 11.1 Å². The Hall–Kier alpha value is -3.04. The minimum Gasteiger partial charge on any atom is -0.478 e. The molecule has 3 N–H and O–H groups in total. The number of hydrogen-bond donors (Lipinski definition) is 3. The minimum absolute atomic E-state index is 0.0303. The number of likely N-dealkylation sites (N-methyl/N-ethyl adjacent to an activating group) is 1. The maximum Gasteiger partial charge on any atom is 0.336 e. The van der Waals surface area contributed by atoms with Gasteiger partial charge < -0.3 is 20.3 Å². The summed E-state index contributed by atoms with van der Waals surface area (Å²) in [6.45, 7) is 0.993. The minimum atomic E-state index is -1.37. The molecule has 1 unspecified atom stereocenters. The highest BCUT2D eigenvalue weighted by molar-refractivity contribution is 6.32. The molecule has 2 aromatic rings. The largest absolute Gasteiger partial charge is 0.478 e. The molecule has 2 heterocycles. The van der Waals surface area contributed by atoms with E-state index in [1.165, 1.54) is 13.2 Å². The average Bonchev–Trinajstić information content (AvgIpc) is 3.19. The van der Waals surface area contributed by atoms with E-state index in [4.69, 9.17) is 26.4 Å². The van der Waals surface area contributed by atoms with E-state index in [0.29, 0.717) is 36.9 Å². The van der Waals surface area contributed by atoms with E-state index in [9.17, 15) is 14.7 Å². The number of fused-ring (bicyclic) bond motifs is 2. The Morgan fingerprint density at radius 3 is 2.78 bits per heavy atom. The molecule has 3 aliphatic rings. The third-order valence-corrected chi connectivity index (χ3v) is 7.66. The highest BCUT2D eigenvalue weighted by Crippen LogP contribution is 2.47. The predicted octanol–water partition coefficient (Wildman–Crippen LogP) is 1.54. The van der Waals surface area contributed by atoms with Gasteiger partial charge in [-0.05, 0) is 49.2 Å². The van der Waals surface area contributed by atoms with Crippen LogP contribution in [-0.2, 0) is 15.3 Å². The van der Waals surface area contributed by atoms with Crippen LogP contribution in [0, 0.1) is 5.92 Å². The molecule has 0 radical (unpaired) electrons. The Morgan fingerprint density at radius 1 is 1.28 bits per heavy atom. The van der Waals surface area contributed by atoms with E-state index >= 15 is 0 Å². The molecule has 1 aliphatic carbocycles. The molecule has 0 saturated carbocycles. The molecule has 8 nitrogen and oxygen atoms in total. The first-order valence-corrected chi connectivity index (χ1v) is 12.3. The van der Waals surface area contributed by atoms with Crippen molar-refractivity contribution in [2.75, 3.05) is 33.9 Å². The lowest BCUT2D eigenvalue weighted by atomic mass is 9.76. The molecule has 0 spiro atoms.